The highest BCUT2D eigenvalue weighted by Crippen LogP contribution is 2.22. The van der Waals surface area contributed by atoms with E-state index in [0.717, 1.165) is 77.0 Å². The van der Waals surface area contributed by atoms with Gasteiger partial charge in [-0.2, -0.15) is 0 Å². The zero-order chi connectivity index (χ0) is 39.5. The molecule has 1 aliphatic heterocycles. The van der Waals surface area contributed by atoms with E-state index in [2.05, 4.69) is 50.3 Å². The summed E-state index contributed by atoms with van der Waals surface area (Å²) in [5.41, 5.74) is 0. The van der Waals surface area contributed by atoms with Gasteiger partial charge in [-0.05, 0) is 70.6 Å². The Morgan fingerprint density at radius 3 is 1.59 bits per heavy atom. The minimum Gasteiger partial charge on any atom is -0.462 e. The molecule has 314 valence electrons. The molecule has 0 saturated carbocycles. The number of aliphatic hydroxyl groups excluding tert-OH is 4. The first-order valence-corrected chi connectivity index (χ1v) is 21.6. The Hall–Kier alpha value is -2.08. The first kappa shape index (κ1) is 49.9. The molecule has 2 unspecified atom stereocenters. The zero-order valence-corrected chi connectivity index (χ0v) is 34.0. The van der Waals surface area contributed by atoms with Crippen LogP contribution in [0.4, 0.5) is 0 Å². The Morgan fingerprint density at radius 1 is 0.574 bits per heavy atom. The molecule has 1 aliphatic rings. The number of aliphatic hydroxyl groups is 4. The lowest BCUT2D eigenvalue weighted by Gasteiger charge is -2.39. The number of carbonyl (C=O) groups is 2. The van der Waals surface area contributed by atoms with Crippen molar-refractivity contribution in [2.24, 2.45) is 0 Å². The molecule has 0 radical (unpaired) electrons. The molecule has 10 nitrogen and oxygen atoms in total. The molecule has 10 heteroatoms. The maximum Gasteiger partial charge on any atom is 0.306 e. The van der Waals surface area contributed by atoms with Gasteiger partial charge in [-0.15, -0.1) is 0 Å². The highest BCUT2D eigenvalue weighted by Gasteiger charge is 2.44. The Morgan fingerprint density at radius 2 is 1.04 bits per heavy atom. The van der Waals surface area contributed by atoms with Gasteiger partial charge in [0.1, 0.15) is 31.0 Å². The second-order valence-corrected chi connectivity index (χ2v) is 14.8. The predicted molar refractivity (Wildman–Crippen MR) is 215 cm³/mol. The number of hydrogen-bond donors (Lipinski definition) is 4. The molecule has 1 saturated heterocycles. The number of hydrogen-bond acceptors (Lipinski definition) is 10. The molecular formula is C44H78O10. The van der Waals surface area contributed by atoms with Gasteiger partial charge in [0.25, 0.3) is 0 Å². The van der Waals surface area contributed by atoms with Crippen molar-refractivity contribution in [3.63, 3.8) is 0 Å². The van der Waals surface area contributed by atoms with Crippen molar-refractivity contribution in [2.75, 3.05) is 19.8 Å². The average Bonchev–Trinajstić information content (AvgIpc) is 3.17. The van der Waals surface area contributed by atoms with Crippen molar-refractivity contribution in [3.8, 4) is 0 Å². The third-order valence-corrected chi connectivity index (χ3v) is 9.75. The van der Waals surface area contributed by atoms with E-state index in [-0.39, 0.29) is 26.1 Å². The summed E-state index contributed by atoms with van der Waals surface area (Å²) in [6.45, 7) is 3.35. The first-order chi connectivity index (χ1) is 26.3. The van der Waals surface area contributed by atoms with Gasteiger partial charge < -0.3 is 39.4 Å². The van der Waals surface area contributed by atoms with E-state index in [1.165, 1.54) is 57.8 Å². The SMILES string of the molecule is CCCCC/C=C/C/C=C/CCCCCCCC(=O)OC[C@@H](CO[C@H]1O[C@@H](CO)[C@@H](O)C(O)C1O)OC(=O)CCCCCCC/C=C/CCCCCCC. The third kappa shape index (κ3) is 26.7. The van der Waals surface area contributed by atoms with Crippen LogP contribution < -0.4 is 0 Å². The van der Waals surface area contributed by atoms with E-state index >= 15 is 0 Å². The summed E-state index contributed by atoms with van der Waals surface area (Å²) in [4.78, 5) is 25.3. The number of rotatable bonds is 35. The molecule has 0 aliphatic carbocycles. The fourth-order valence-electron chi connectivity index (χ4n) is 6.27. The average molecular weight is 767 g/mol. The molecule has 1 rings (SSSR count). The molecule has 54 heavy (non-hydrogen) atoms. The minimum absolute atomic E-state index is 0.217. The van der Waals surface area contributed by atoms with Crippen LogP contribution >= 0.6 is 0 Å². The Kier molecular flexibility index (Phi) is 32.7. The lowest BCUT2D eigenvalue weighted by molar-refractivity contribution is -0.305. The topological polar surface area (TPSA) is 152 Å². The van der Waals surface area contributed by atoms with Gasteiger partial charge >= 0.3 is 11.9 Å². The lowest BCUT2D eigenvalue weighted by atomic mass is 9.99. The van der Waals surface area contributed by atoms with E-state index in [9.17, 15) is 30.0 Å². The van der Waals surface area contributed by atoms with Crippen LogP contribution in [0, 0.1) is 0 Å². The molecule has 1 fully saturated rings. The predicted octanol–water partition coefficient (Wildman–Crippen LogP) is 8.72. The van der Waals surface area contributed by atoms with Crippen molar-refractivity contribution in [1.29, 1.82) is 0 Å². The summed E-state index contributed by atoms with van der Waals surface area (Å²) in [6, 6.07) is 0. The van der Waals surface area contributed by atoms with Crippen molar-refractivity contribution in [1.82, 2.24) is 0 Å². The van der Waals surface area contributed by atoms with E-state index in [1.807, 2.05) is 0 Å². The molecule has 0 amide bonds. The van der Waals surface area contributed by atoms with Gasteiger partial charge in [0.2, 0.25) is 0 Å². The molecule has 0 aromatic carbocycles. The fraction of sp³-hybridized carbons (Fsp3) is 0.818. The Balaban J connectivity index is 2.37. The van der Waals surface area contributed by atoms with E-state index in [0.29, 0.717) is 12.8 Å². The van der Waals surface area contributed by atoms with Crippen LogP contribution in [0.15, 0.2) is 36.5 Å². The van der Waals surface area contributed by atoms with Gasteiger partial charge in [0.05, 0.1) is 13.2 Å². The maximum atomic E-state index is 12.7. The fourth-order valence-corrected chi connectivity index (χ4v) is 6.27. The zero-order valence-electron chi connectivity index (χ0n) is 34.0. The summed E-state index contributed by atoms with van der Waals surface area (Å²) in [7, 11) is 0. The van der Waals surface area contributed by atoms with Crippen LogP contribution in [0.2, 0.25) is 0 Å². The molecule has 6 atom stereocenters. The molecule has 0 aromatic rings. The highest BCUT2D eigenvalue weighted by atomic mass is 16.7. The number of allylic oxidation sites excluding steroid dienone is 6. The molecule has 0 bridgehead atoms. The van der Waals surface area contributed by atoms with Gasteiger partial charge in [-0.1, -0.05) is 127 Å². The number of carbonyl (C=O) groups excluding carboxylic acids is 2. The Labute approximate surface area is 327 Å². The molecule has 0 spiro atoms. The minimum atomic E-state index is -1.60. The smallest absolute Gasteiger partial charge is 0.306 e. The maximum absolute atomic E-state index is 12.7. The van der Waals surface area contributed by atoms with Crippen molar-refractivity contribution >= 4 is 11.9 Å². The summed E-state index contributed by atoms with van der Waals surface area (Å²) < 4.78 is 22.1. The first-order valence-electron chi connectivity index (χ1n) is 21.6. The highest BCUT2D eigenvalue weighted by molar-refractivity contribution is 5.70. The largest absolute Gasteiger partial charge is 0.462 e. The lowest BCUT2D eigenvalue weighted by Crippen LogP contribution is -2.59. The van der Waals surface area contributed by atoms with Crippen LogP contribution in [0.25, 0.3) is 0 Å². The summed E-state index contributed by atoms with van der Waals surface area (Å²) in [5, 5.41) is 40.0. The second-order valence-electron chi connectivity index (χ2n) is 14.8. The van der Waals surface area contributed by atoms with Crippen LogP contribution in [0.5, 0.6) is 0 Å². The van der Waals surface area contributed by atoms with Crippen LogP contribution in [-0.4, -0.2) is 89.0 Å². The van der Waals surface area contributed by atoms with Gasteiger partial charge in [0.15, 0.2) is 12.4 Å². The second kappa shape index (κ2) is 35.3. The molecular weight excluding hydrogens is 688 g/mol. The van der Waals surface area contributed by atoms with E-state index < -0.39 is 55.4 Å². The van der Waals surface area contributed by atoms with E-state index in [1.54, 1.807) is 0 Å². The summed E-state index contributed by atoms with van der Waals surface area (Å²) in [6.07, 6.45) is 31.4. The standard InChI is InChI=1S/C44H78O10/c1-3-5-7-9-11-13-15-17-19-21-22-24-26-28-30-32-39(46)51-35-37(36-52-44-43(50)42(49)41(48)38(34-45)54-44)53-40(47)33-31-29-27-25-23-20-18-16-14-12-10-8-6-4-2/h11,13,16-19,37-38,41-45,48-50H,3-10,12,14-15,20-36H2,1-2H3/b13-11+,18-16+,19-17+/t37-,38-,41+,42?,43?,44-/m0/s1. The molecule has 0 aromatic heterocycles. The van der Waals surface area contributed by atoms with Crippen molar-refractivity contribution in [3.05, 3.63) is 36.5 Å². The van der Waals surface area contributed by atoms with Gasteiger partial charge in [-0.25, -0.2) is 0 Å². The van der Waals surface area contributed by atoms with Crippen molar-refractivity contribution < 1.29 is 49.0 Å². The van der Waals surface area contributed by atoms with Gasteiger partial charge in [0, 0.05) is 12.8 Å². The van der Waals surface area contributed by atoms with Crippen molar-refractivity contribution in [2.45, 2.75) is 211 Å². The van der Waals surface area contributed by atoms with E-state index in [4.69, 9.17) is 18.9 Å². The summed E-state index contributed by atoms with van der Waals surface area (Å²) in [5.74, 6) is -0.833. The number of ether oxygens (including phenoxy) is 4. The normalized spacial score (nSPS) is 21.0. The number of unbranched alkanes of at least 4 members (excludes halogenated alkanes) is 18. The van der Waals surface area contributed by atoms with Crippen LogP contribution in [0.3, 0.4) is 0 Å². The quantitative estimate of drug-likeness (QED) is 0.0280. The van der Waals surface area contributed by atoms with Crippen LogP contribution in [0.1, 0.15) is 174 Å². The Bertz CT molecular complexity index is 980. The number of esters is 2. The van der Waals surface area contributed by atoms with Gasteiger partial charge in [-0.3, -0.25) is 9.59 Å². The monoisotopic (exact) mass is 767 g/mol. The van der Waals surface area contributed by atoms with Crippen LogP contribution in [-0.2, 0) is 28.5 Å². The third-order valence-electron chi connectivity index (χ3n) is 9.75. The summed E-state index contributed by atoms with van der Waals surface area (Å²) >= 11 is 0. The molecule has 1 heterocycles. The molecule has 4 N–H and O–H groups in total.